The van der Waals surface area contributed by atoms with Crippen LogP contribution in [-0.4, -0.2) is 12.4 Å². The molecule has 1 aromatic rings. The largest absolute Gasteiger partial charge is 0.490 e. The molecule has 2 nitrogen and oxygen atoms in total. The van der Waals surface area contributed by atoms with Crippen LogP contribution >= 0.6 is 0 Å². The number of aryl methyl sites for hydroxylation is 2. The minimum atomic E-state index is 0.226. The Labute approximate surface area is 97.6 Å². The van der Waals surface area contributed by atoms with Gasteiger partial charge in [0.15, 0.2) is 0 Å². The Bertz CT molecular complexity index is 346. The van der Waals surface area contributed by atoms with Crippen LogP contribution in [0.2, 0.25) is 0 Å². The standard InChI is InChI=1S/C14H20O2/c1-5-6-12(4)16-14-10(2)7-13(9-15)8-11(14)3/h7-9,12H,5-6H2,1-4H3. The summed E-state index contributed by atoms with van der Waals surface area (Å²) < 4.78 is 5.90. The molecule has 16 heavy (non-hydrogen) atoms. The average molecular weight is 220 g/mol. The van der Waals surface area contributed by atoms with Gasteiger partial charge in [-0.15, -0.1) is 0 Å². The van der Waals surface area contributed by atoms with Crippen molar-refractivity contribution in [1.82, 2.24) is 0 Å². The first-order valence-electron chi connectivity index (χ1n) is 5.81. The molecule has 2 heteroatoms. The number of hydrogen-bond donors (Lipinski definition) is 0. The fourth-order valence-electron chi connectivity index (χ4n) is 1.90. The Morgan fingerprint density at radius 3 is 2.31 bits per heavy atom. The molecule has 0 aliphatic rings. The molecule has 0 fully saturated rings. The summed E-state index contributed by atoms with van der Waals surface area (Å²) in [6, 6.07) is 3.74. The van der Waals surface area contributed by atoms with Gasteiger partial charge in [0.25, 0.3) is 0 Å². The second-order valence-electron chi connectivity index (χ2n) is 4.32. The van der Waals surface area contributed by atoms with Gasteiger partial charge < -0.3 is 4.74 Å². The molecule has 0 saturated carbocycles. The van der Waals surface area contributed by atoms with Crippen molar-refractivity contribution in [3.8, 4) is 5.75 Å². The molecule has 0 aliphatic carbocycles. The number of carbonyl (C=O) groups excluding carboxylic acids is 1. The summed E-state index contributed by atoms with van der Waals surface area (Å²) in [5.41, 5.74) is 2.78. The third kappa shape index (κ3) is 3.09. The van der Waals surface area contributed by atoms with Gasteiger partial charge in [0.1, 0.15) is 12.0 Å². The van der Waals surface area contributed by atoms with Crippen LogP contribution in [-0.2, 0) is 0 Å². The minimum Gasteiger partial charge on any atom is -0.490 e. The third-order valence-electron chi connectivity index (χ3n) is 2.63. The normalized spacial score (nSPS) is 12.2. The lowest BCUT2D eigenvalue weighted by atomic mass is 10.1. The van der Waals surface area contributed by atoms with Crippen LogP contribution in [0.25, 0.3) is 0 Å². The summed E-state index contributed by atoms with van der Waals surface area (Å²) in [5.74, 6) is 0.923. The van der Waals surface area contributed by atoms with Crippen molar-refractivity contribution in [2.24, 2.45) is 0 Å². The second-order valence-corrected chi connectivity index (χ2v) is 4.32. The maximum Gasteiger partial charge on any atom is 0.150 e. The fourth-order valence-corrected chi connectivity index (χ4v) is 1.90. The van der Waals surface area contributed by atoms with Gasteiger partial charge in [0, 0.05) is 5.56 Å². The highest BCUT2D eigenvalue weighted by Gasteiger charge is 2.09. The number of hydrogen-bond acceptors (Lipinski definition) is 2. The maximum atomic E-state index is 10.7. The highest BCUT2D eigenvalue weighted by molar-refractivity contribution is 5.76. The van der Waals surface area contributed by atoms with Crippen molar-refractivity contribution in [1.29, 1.82) is 0 Å². The van der Waals surface area contributed by atoms with Gasteiger partial charge in [0.05, 0.1) is 6.10 Å². The van der Waals surface area contributed by atoms with Crippen LogP contribution in [0.1, 0.15) is 48.2 Å². The summed E-state index contributed by atoms with van der Waals surface area (Å²) in [7, 11) is 0. The molecule has 0 aliphatic heterocycles. The molecular weight excluding hydrogens is 200 g/mol. The van der Waals surface area contributed by atoms with Gasteiger partial charge in [-0.3, -0.25) is 4.79 Å². The predicted octanol–water partition coefficient (Wildman–Crippen LogP) is 3.68. The van der Waals surface area contributed by atoms with Crippen molar-refractivity contribution < 1.29 is 9.53 Å². The first-order chi connectivity index (χ1) is 7.58. The summed E-state index contributed by atoms with van der Waals surface area (Å²) in [5, 5.41) is 0. The zero-order chi connectivity index (χ0) is 12.1. The lowest BCUT2D eigenvalue weighted by Crippen LogP contribution is -2.12. The van der Waals surface area contributed by atoms with E-state index in [-0.39, 0.29) is 6.10 Å². The Morgan fingerprint density at radius 2 is 1.88 bits per heavy atom. The Hall–Kier alpha value is -1.31. The van der Waals surface area contributed by atoms with Crippen LogP contribution in [0, 0.1) is 13.8 Å². The minimum absolute atomic E-state index is 0.226. The molecule has 0 amide bonds. The lowest BCUT2D eigenvalue weighted by Gasteiger charge is -2.18. The second kappa shape index (κ2) is 5.69. The molecule has 1 atom stereocenters. The molecule has 1 aromatic carbocycles. The highest BCUT2D eigenvalue weighted by atomic mass is 16.5. The van der Waals surface area contributed by atoms with E-state index in [0.717, 1.165) is 36.0 Å². The summed E-state index contributed by atoms with van der Waals surface area (Å²) in [4.78, 5) is 10.7. The maximum absolute atomic E-state index is 10.7. The van der Waals surface area contributed by atoms with E-state index in [1.807, 2.05) is 26.0 Å². The molecular formula is C14H20O2. The van der Waals surface area contributed by atoms with E-state index in [4.69, 9.17) is 4.74 Å². The van der Waals surface area contributed by atoms with Crippen LogP contribution in [0.15, 0.2) is 12.1 Å². The van der Waals surface area contributed by atoms with Gasteiger partial charge >= 0.3 is 0 Å². The summed E-state index contributed by atoms with van der Waals surface area (Å²) in [6.45, 7) is 8.19. The van der Waals surface area contributed by atoms with E-state index in [1.165, 1.54) is 0 Å². The fraction of sp³-hybridized carbons (Fsp3) is 0.500. The first-order valence-corrected chi connectivity index (χ1v) is 5.81. The van der Waals surface area contributed by atoms with E-state index in [9.17, 15) is 4.79 Å². The van der Waals surface area contributed by atoms with Crippen LogP contribution < -0.4 is 4.74 Å². The molecule has 0 aromatic heterocycles. The van der Waals surface area contributed by atoms with E-state index in [1.54, 1.807) is 0 Å². The zero-order valence-electron chi connectivity index (χ0n) is 10.5. The molecule has 0 spiro atoms. The van der Waals surface area contributed by atoms with Crippen molar-refractivity contribution in [3.63, 3.8) is 0 Å². The molecule has 0 saturated heterocycles. The number of ether oxygens (including phenoxy) is 1. The molecule has 0 N–H and O–H groups in total. The Morgan fingerprint density at radius 1 is 1.31 bits per heavy atom. The molecule has 1 unspecified atom stereocenters. The SMILES string of the molecule is CCCC(C)Oc1c(C)cc(C=O)cc1C. The van der Waals surface area contributed by atoms with Gasteiger partial charge in [-0.1, -0.05) is 13.3 Å². The van der Waals surface area contributed by atoms with Crippen molar-refractivity contribution in [2.75, 3.05) is 0 Å². The number of carbonyl (C=O) groups is 1. The Balaban J connectivity index is 2.92. The van der Waals surface area contributed by atoms with Gasteiger partial charge in [-0.2, -0.15) is 0 Å². The number of benzene rings is 1. The molecule has 0 radical (unpaired) electrons. The molecule has 1 rings (SSSR count). The van der Waals surface area contributed by atoms with E-state index >= 15 is 0 Å². The first kappa shape index (κ1) is 12.8. The molecule has 88 valence electrons. The van der Waals surface area contributed by atoms with E-state index < -0.39 is 0 Å². The van der Waals surface area contributed by atoms with Gasteiger partial charge in [-0.25, -0.2) is 0 Å². The Kier molecular flexibility index (Phi) is 4.53. The molecule has 0 heterocycles. The van der Waals surface area contributed by atoms with Crippen LogP contribution in [0.3, 0.4) is 0 Å². The monoisotopic (exact) mass is 220 g/mol. The van der Waals surface area contributed by atoms with Gasteiger partial charge in [0.2, 0.25) is 0 Å². The average Bonchev–Trinajstić information content (AvgIpc) is 2.23. The van der Waals surface area contributed by atoms with Crippen molar-refractivity contribution >= 4 is 6.29 Å². The summed E-state index contributed by atoms with van der Waals surface area (Å²) in [6.07, 6.45) is 3.27. The number of rotatable bonds is 5. The van der Waals surface area contributed by atoms with Crippen molar-refractivity contribution in [2.45, 2.75) is 46.6 Å². The molecule has 0 bridgehead atoms. The third-order valence-corrected chi connectivity index (χ3v) is 2.63. The quantitative estimate of drug-likeness (QED) is 0.707. The zero-order valence-corrected chi connectivity index (χ0v) is 10.5. The summed E-state index contributed by atoms with van der Waals surface area (Å²) >= 11 is 0. The van der Waals surface area contributed by atoms with Crippen LogP contribution in [0.4, 0.5) is 0 Å². The number of aldehydes is 1. The predicted molar refractivity (Wildman–Crippen MR) is 66.3 cm³/mol. The van der Waals surface area contributed by atoms with E-state index in [2.05, 4.69) is 13.8 Å². The van der Waals surface area contributed by atoms with E-state index in [0.29, 0.717) is 5.56 Å². The van der Waals surface area contributed by atoms with Crippen molar-refractivity contribution in [3.05, 3.63) is 28.8 Å². The smallest absolute Gasteiger partial charge is 0.150 e. The van der Waals surface area contributed by atoms with Gasteiger partial charge in [-0.05, 0) is 50.5 Å². The lowest BCUT2D eigenvalue weighted by molar-refractivity contribution is 0.112. The van der Waals surface area contributed by atoms with Crippen LogP contribution in [0.5, 0.6) is 5.75 Å². The highest BCUT2D eigenvalue weighted by Crippen LogP contribution is 2.26. The topological polar surface area (TPSA) is 26.3 Å².